The van der Waals surface area contributed by atoms with Crippen LogP contribution < -0.4 is 5.32 Å². The molecule has 0 bridgehead atoms. The number of carbonyl (C=O) groups excluding carboxylic acids is 1. The fourth-order valence-corrected chi connectivity index (χ4v) is 3.45. The van der Waals surface area contributed by atoms with Crippen LogP contribution in [0.1, 0.15) is 47.6 Å². The summed E-state index contributed by atoms with van der Waals surface area (Å²) in [5.41, 5.74) is 2.18. The standard InChI is InChI=1S/C17H19ClN4O/c1-10-9-11(2)22(21-10)14-6-5-13(18)15(19-14)16(23)20-17(7-8-17)12-3-4-12/h5-6,9,12H,3-4,7-8H2,1-2H3,(H,20,23). The van der Waals surface area contributed by atoms with E-state index in [1.165, 1.54) is 12.8 Å². The molecule has 0 unspecified atom stereocenters. The van der Waals surface area contributed by atoms with Gasteiger partial charge >= 0.3 is 0 Å². The maximum absolute atomic E-state index is 12.6. The van der Waals surface area contributed by atoms with Crippen molar-refractivity contribution in [2.45, 2.75) is 45.1 Å². The lowest BCUT2D eigenvalue weighted by Crippen LogP contribution is -2.39. The quantitative estimate of drug-likeness (QED) is 0.936. The van der Waals surface area contributed by atoms with E-state index in [2.05, 4.69) is 15.4 Å². The number of rotatable bonds is 4. The van der Waals surface area contributed by atoms with Crippen LogP contribution in [-0.2, 0) is 0 Å². The van der Waals surface area contributed by atoms with Gasteiger partial charge in [-0.05, 0) is 63.6 Å². The molecule has 2 fully saturated rings. The van der Waals surface area contributed by atoms with Gasteiger partial charge in [-0.15, -0.1) is 0 Å². The molecule has 5 nitrogen and oxygen atoms in total. The van der Waals surface area contributed by atoms with Crippen molar-refractivity contribution in [3.63, 3.8) is 0 Å². The summed E-state index contributed by atoms with van der Waals surface area (Å²) in [5, 5.41) is 7.96. The maximum Gasteiger partial charge on any atom is 0.271 e. The molecule has 23 heavy (non-hydrogen) atoms. The summed E-state index contributed by atoms with van der Waals surface area (Å²) < 4.78 is 1.73. The molecule has 6 heteroatoms. The number of hydrogen-bond donors (Lipinski definition) is 1. The molecule has 1 N–H and O–H groups in total. The molecular formula is C17H19ClN4O. The van der Waals surface area contributed by atoms with Gasteiger partial charge < -0.3 is 5.32 Å². The first-order chi connectivity index (χ1) is 11.0. The Morgan fingerprint density at radius 3 is 2.65 bits per heavy atom. The summed E-state index contributed by atoms with van der Waals surface area (Å²) in [6.45, 7) is 3.89. The van der Waals surface area contributed by atoms with E-state index >= 15 is 0 Å². The summed E-state index contributed by atoms with van der Waals surface area (Å²) in [7, 11) is 0. The predicted octanol–water partition coefficient (Wildman–Crippen LogP) is 3.21. The molecule has 1 amide bonds. The van der Waals surface area contributed by atoms with E-state index in [-0.39, 0.29) is 17.1 Å². The van der Waals surface area contributed by atoms with E-state index < -0.39 is 0 Å². The Bertz CT molecular complexity index is 790. The minimum Gasteiger partial charge on any atom is -0.345 e. The molecule has 0 aromatic carbocycles. The highest BCUT2D eigenvalue weighted by atomic mass is 35.5. The Morgan fingerprint density at radius 2 is 2.09 bits per heavy atom. The molecular weight excluding hydrogens is 312 g/mol. The second kappa shape index (κ2) is 5.06. The normalized spacial score (nSPS) is 18.7. The zero-order valence-corrected chi connectivity index (χ0v) is 14.0. The number of nitrogens with zero attached hydrogens (tertiary/aromatic N) is 3. The lowest BCUT2D eigenvalue weighted by molar-refractivity contribution is 0.0920. The number of amides is 1. The topological polar surface area (TPSA) is 59.8 Å². The lowest BCUT2D eigenvalue weighted by atomic mass is 10.1. The van der Waals surface area contributed by atoms with Gasteiger partial charge in [-0.2, -0.15) is 5.10 Å². The number of nitrogens with one attached hydrogen (secondary N) is 1. The third-order valence-corrected chi connectivity index (χ3v) is 5.09. The van der Waals surface area contributed by atoms with Crippen molar-refractivity contribution in [1.29, 1.82) is 0 Å². The molecule has 0 radical (unpaired) electrons. The molecule has 0 atom stereocenters. The van der Waals surface area contributed by atoms with Gasteiger partial charge in [0.25, 0.3) is 5.91 Å². The first-order valence-corrected chi connectivity index (χ1v) is 8.39. The fraction of sp³-hybridized carbons (Fsp3) is 0.471. The summed E-state index contributed by atoms with van der Waals surface area (Å²) in [6.07, 6.45) is 4.57. The Balaban J connectivity index is 1.64. The zero-order valence-electron chi connectivity index (χ0n) is 13.3. The number of carbonyl (C=O) groups is 1. The Morgan fingerprint density at radius 1 is 1.35 bits per heavy atom. The van der Waals surface area contributed by atoms with Crippen molar-refractivity contribution in [1.82, 2.24) is 20.1 Å². The van der Waals surface area contributed by atoms with Crippen molar-refractivity contribution in [3.05, 3.63) is 40.3 Å². The summed E-state index contributed by atoms with van der Waals surface area (Å²) in [6, 6.07) is 5.47. The molecule has 2 aromatic rings. The second-order valence-corrected chi connectivity index (χ2v) is 7.13. The zero-order chi connectivity index (χ0) is 16.2. The van der Waals surface area contributed by atoms with Crippen molar-refractivity contribution < 1.29 is 4.79 Å². The number of halogens is 1. The van der Waals surface area contributed by atoms with E-state index in [1.54, 1.807) is 16.8 Å². The SMILES string of the molecule is Cc1cc(C)n(-c2ccc(Cl)c(C(=O)NC3(C4CC4)CC3)n2)n1. The van der Waals surface area contributed by atoms with Crippen LogP contribution in [0.2, 0.25) is 5.02 Å². The van der Waals surface area contributed by atoms with Gasteiger partial charge in [0, 0.05) is 11.2 Å². The molecule has 2 aliphatic carbocycles. The van der Waals surface area contributed by atoms with Gasteiger partial charge in [-0.3, -0.25) is 4.79 Å². The van der Waals surface area contributed by atoms with E-state index in [1.807, 2.05) is 19.9 Å². The first-order valence-electron chi connectivity index (χ1n) is 8.01. The monoisotopic (exact) mass is 330 g/mol. The Hall–Kier alpha value is -1.88. The molecule has 2 aromatic heterocycles. The highest BCUT2D eigenvalue weighted by Gasteiger charge is 2.55. The smallest absolute Gasteiger partial charge is 0.271 e. The molecule has 120 valence electrons. The fourth-order valence-electron chi connectivity index (χ4n) is 3.26. The van der Waals surface area contributed by atoms with Crippen LogP contribution in [0.5, 0.6) is 0 Å². The lowest BCUT2D eigenvalue weighted by Gasteiger charge is -2.17. The molecule has 0 spiro atoms. The van der Waals surface area contributed by atoms with Gasteiger partial charge in [-0.1, -0.05) is 11.6 Å². The van der Waals surface area contributed by atoms with Crippen LogP contribution in [0, 0.1) is 19.8 Å². The molecule has 0 saturated heterocycles. The average molecular weight is 331 g/mol. The highest BCUT2D eigenvalue weighted by molar-refractivity contribution is 6.33. The van der Waals surface area contributed by atoms with Crippen molar-refractivity contribution in [2.24, 2.45) is 5.92 Å². The third-order valence-electron chi connectivity index (χ3n) is 4.78. The number of hydrogen-bond acceptors (Lipinski definition) is 3. The Kier molecular flexibility index (Phi) is 3.23. The average Bonchev–Trinajstić information content (AvgIpc) is 3.39. The molecule has 4 rings (SSSR count). The van der Waals surface area contributed by atoms with E-state index in [4.69, 9.17) is 11.6 Å². The van der Waals surface area contributed by atoms with Gasteiger partial charge in [0.2, 0.25) is 0 Å². The minimum atomic E-state index is -0.178. The summed E-state index contributed by atoms with van der Waals surface area (Å²) >= 11 is 6.22. The third kappa shape index (κ3) is 2.63. The summed E-state index contributed by atoms with van der Waals surface area (Å²) in [5.74, 6) is 1.08. The summed E-state index contributed by atoms with van der Waals surface area (Å²) in [4.78, 5) is 17.1. The van der Waals surface area contributed by atoms with E-state index in [0.717, 1.165) is 24.2 Å². The van der Waals surface area contributed by atoms with Gasteiger partial charge in [0.15, 0.2) is 5.82 Å². The molecule has 2 saturated carbocycles. The molecule has 2 aliphatic rings. The molecule has 2 heterocycles. The van der Waals surface area contributed by atoms with Crippen LogP contribution in [-0.4, -0.2) is 26.2 Å². The predicted molar refractivity (Wildman–Crippen MR) is 88.0 cm³/mol. The number of pyridine rings is 1. The van der Waals surface area contributed by atoms with Crippen molar-refractivity contribution in [3.8, 4) is 5.82 Å². The van der Waals surface area contributed by atoms with Crippen molar-refractivity contribution in [2.75, 3.05) is 0 Å². The van der Waals surface area contributed by atoms with Crippen LogP contribution in [0.3, 0.4) is 0 Å². The van der Waals surface area contributed by atoms with Crippen LogP contribution in [0.15, 0.2) is 18.2 Å². The highest BCUT2D eigenvalue weighted by Crippen LogP contribution is 2.53. The van der Waals surface area contributed by atoms with E-state index in [0.29, 0.717) is 16.8 Å². The molecule has 0 aliphatic heterocycles. The Labute approximate surface area is 140 Å². The number of aryl methyl sites for hydroxylation is 2. The second-order valence-electron chi connectivity index (χ2n) is 6.72. The minimum absolute atomic E-state index is 0.0102. The largest absolute Gasteiger partial charge is 0.345 e. The van der Waals surface area contributed by atoms with Crippen LogP contribution in [0.25, 0.3) is 5.82 Å². The number of aromatic nitrogens is 3. The first kappa shape index (κ1) is 14.7. The van der Waals surface area contributed by atoms with Gasteiger partial charge in [0.05, 0.1) is 10.7 Å². The van der Waals surface area contributed by atoms with Gasteiger partial charge in [-0.25, -0.2) is 9.67 Å². The van der Waals surface area contributed by atoms with Crippen molar-refractivity contribution >= 4 is 17.5 Å². The van der Waals surface area contributed by atoms with Crippen LogP contribution >= 0.6 is 11.6 Å². The van der Waals surface area contributed by atoms with Gasteiger partial charge in [0.1, 0.15) is 5.69 Å². The van der Waals surface area contributed by atoms with E-state index in [9.17, 15) is 4.79 Å². The maximum atomic E-state index is 12.6. The van der Waals surface area contributed by atoms with Crippen LogP contribution in [0.4, 0.5) is 0 Å².